The molecule has 0 aliphatic carbocycles. The van der Waals surface area contributed by atoms with E-state index in [2.05, 4.69) is 12.0 Å². The quantitative estimate of drug-likeness (QED) is 0.0369. The van der Waals surface area contributed by atoms with E-state index in [0.717, 1.165) is 18.4 Å². The van der Waals surface area contributed by atoms with Crippen LogP contribution in [0.1, 0.15) is 146 Å². The van der Waals surface area contributed by atoms with Crippen LogP contribution in [0, 0.1) is 5.41 Å². The molecule has 1 amide bonds. The molecule has 0 spiro atoms. The highest BCUT2D eigenvalue weighted by molar-refractivity contribution is 8.00. The number of hydrogen-bond donors (Lipinski definition) is 1. The number of aliphatic hydroxyl groups excluding tert-OH is 1. The number of amides is 1. The maximum Gasteiger partial charge on any atom is 0.338 e. The molecule has 0 aromatic heterocycles. The molecule has 1 aliphatic rings. The predicted molar refractivity (Wildman–Crippen MR) is 230 cm³/mol. The van der Waals surface area contributed by atoms with Crippen LogP contribution >= 0.6 is 11.8 Å². The maximum atomic E-state index is 13.1. The van der Waals surface area contributed by atoms with Gasteiger partial charge in [-0.1, -0.05) is 134 Å². The lowest BCUT2D eigenvalue weighted by Crippen LogP contribution is -2.33. The number of thioether (sulfide) groups is 1. The first-order chi connectivity index (χ1) is 27.5. The molecule has 0 bridgehead atoms. The molecule has 0 saturated carbocycles. The standard InChI is InChI=1S/C46H66N2O8S/c1-5-6-7-8-9-10-11-12-13-14-15-16-17-18-19-23-30-54-42(50)34-57-35-46(3,4)45(53)56-33-40(49)32-55-44(52)38-26-28-39(29-27-38)48-43(51)41(36(2)47-48)31-37-24-21-20-22-25-37/h20-22,24-29,31,40,49H,5-19,23,30,32-35H2,1-4H3/b41-31-. The van der Waals surface area contributed by atoms with Crippen molar-refractivity contribution in [2.45, 2.75) is 137 Å². The fourth-order valence-corrected chi connectivity index (χ4v) is 7.29. The molecule has 57 heavy (non-hydrogen) atoms. The Morgan fingerprint density at radius 2 is 1.32 bits per heavy atom. The molecule has 10 nitrogen and oxygen atoms in total. The van der Waals surface area contributed by atoms with Crippen LogP contribution in [0.2, 0.25) is 0 Å². The van der Waals surface area contributed by atoms with Crippen molar-refractivity contribution in [2.75, 3.05) is 36.3 Å². The Morgan fingerprint density at radius 1 is 0.772 bits per heavy atom. The van der Waals surface area contributed by atoms with E-state index in [9.17, 15) is 24.3 Å². The Labute approximate surface area is 345 Å². The highest BCUT2D eigenvalue weighted by atomic mass is 32.2. The summed E-state index contributed by atoms with van der Waals surface area (Å²) in [5.41, 5.74) is 1.75. The van der Waals surface area contributed by atoms with Crippen LogP contribution in [0.15, 0.2) is 65.3 Å². The van der Waals surface area contributed by atoms with Crippen LogP contribution in [0.5, 0.6) is 0 Å². The zero-order valence-electron chi connectivity index (χ0n) is 34.8. The van der Waals surface area contributed by atoms with E-state index >= 15 is 0 Å². The van der Waals surface area contributed by atoms with E-state index in [4.69, 9.17) is 14.2 Å². The molecule has 2 aromatic carbocycles. The molecule has 0 saturated heterocycles. The number of carbonyl (C=O) groups is 4. The van der Waals surface area contributed by atoms with Gasteiger partial charge in [0, 0.05) is 5.75 Å². The summed E-state index contributed by atoms with van der Waals surface area (Å²) in [7, 11) is 0. The van der Waals surface area contributed by atoms with Gasteiger partial charge in [-0.3, -0.25) is 14.4 Å². The molecular formula is C46H66N2O8S. The number of hydrogen-bond acceptors (Lipinski definition) is 10. The number of aliphatic hydroxyl groups is 1. The molecule has 1 unspecified atom stereocenters. The van der Waals surface area contributed by atoms with Gasteiger partial charge in [-0.25, -0.2) is 4.79 Å². The molecule has 1 atom stereocenters. The van der Waals surface area contributed by atoms with Gasteiger partial charge >= 0.3 is 17.9 Å². The second kappa shape index (κ2) is 26.9. The largest absolute Gasteiger partial charge is 0.465 e. The molecule has 2 aromatic rings. The van der Waals surface area contributed by atoms with E-state index in [1.54, 1.807) is 39.0 Å². The fraction of sp³-hybridized carbons (Fsp3) is 0.587. The number of ether oxygens (including phenoxy) is 3. The normalized spacial score (nSPS) is 14.1. The number of unbranched alkanes of at least 4 members (excludes halogenated alkanes) is 15. The minimum absolute atomic E-state index is 0.142. The summed E-state index contributed by atoms with van der Waals surface area (Å²) >= 11 is 1.30. The van der Waals surface area contributed by atoms with Gasteiger partial charge in [0.05, 0.1) is 40.3 Å². The lowest BCUT2D eigenvalue weighted by Gasteiger charge is -2.23. The van der Waals surface area contributed by atoms with Gasteiger partial charge in [0.2, 0.25) is 0 Å². The van der Waals surface area contributed by atoms with Crippen LogP contribution in [0.25, 0.3) is 6.08 Å². The number of anilines is 1. The van der Waals surface area contributed by atoms with Gasteiger partial charge < -0.3 is 19.3 Å². The van der Waals surface area contributed by atoms with Crippen molar-refractivity contribution in [1.29, 1.82) is 0 Å². The summed E-state index contributed by atoms with van der Waals surface area (Å²) < 4.78 is 15.9. The highest BCUT2D eigenvalue weighted by Gasteiger charge is 2.31. The van der Waals surface area contributed by atoms with Gasteiger partial charge in [0.15, 0.2) is 0 Å². The summed E-state index contributed by atoms with van der Waals surface area (Å²) in [6.45, 7) is 7.14. The topological polar surface area (TPSA) is 132 Å². The second-order valence-corrected chi connectivity index (χ2v) is 16.6. The third-order valence-electron chi connectivity index (χ3n) is 9.83. The van der Waals surface area contributed by atoms with Gasteiger partial charge in [0.25, 0.3) is 5.91 Å². The molecule has 1 aliphatic heterocycles. The minimum Gasteiger partial charge on any atom is -0.465 e. The van der Waals surface area contributed by atoms with E-state index < -0.39 is 23.5 Å². The Bertz CT molecular complexity index is 1570. The summed E-state index contributed by atoms with van der Waals surface area (Å²) in [6.07, 6.45) is 21.2. The Balaban J connectivity index is 1.20. The molecule has 0 radical (unpaired) electrons. The zero-order valence-corrected chi connectivity index (χ0v) is 35.6. The first kappa shape index (κ1) is 47.4. The van der Waals surface area contributed by atoms with Crippen molar-refractivity contribution in [3.8, 4) is 0 Å². The number of rotatable bonds is 29. The van der Waals surface area contributed by atoms with Crippen LogP contribution in [-0.2, 0) is 28.6 Å². The van der Waals surface area contributed by atoms with E-state index in [1.807, 2.05) is 30.3 Å². The van der Waals surface area contributed by atoms with Crippen molar-refractivity contribution >= 4 is 53.1 Å². The third kappa shape index (κ3) is 18.5. The highest BCUT2D eigenvalue weighted by Crippen LogP contribution is 2.26. The van der Waals surface area contributed by atoms with Crippen molar-refractivity contribution < 1.29 is 38.5 Å². The predicted octanol–water partition coefficient (Wildman–Crippen LogP) is 10.1. The number of carbonyl (C=O) groups excluding carboxylic acids is 4. The monoisotopic (exact) mass is 806 g/mol. The Hall–Kier alpha value is -3.96. The lowest BCUT2D eigenvalue weighted by molar-refractivity contribution is -0.156. The maximum absolute atomic E-state index is 13.1. The molecule has 1 N–H and O–H groups in total. The molecule has 314 valence electrons. The van der Waals surface area contributed by atoms with Crippen molar-refractivity contribution in [3.05, 3.63) is 71.3 Å². The van der Waals surface area contributed by atoms with Crippen LogP contribution in [-0.4, -0.2) is 72.1 Å². The smallest absolute Gasteiger partial charge is 0.338 e. The Morgan fingerprint density at radius 3 is 1.89 bits per heavy atom. The van der Waals surface area contributed by atoms with Crippen LogP contribution in [0.4, 0.5) is 5.69 Å². The number of benzene rings is 2. The third-order valence-corrected chi connectivity index (χ3v) is 11.2. The molecule has 0 fully saturated rings. The van der Waals surface area contributed by atoms with Gasteiger partial charge in [0.1, 0.15) is 19.3 Å². The average Bonchev–Trinajstić information content (AvgIpc) is 3.48. The summed E-state index contributed by atoms with van der Waals surface area (Å²) in [5.74, 6) is -1.31. The van der Waals surface area contributed by atoms with E-state index in [-0.39, 0.29) is 36.4 Å². The Kier molecular flexibility index (Phi) is 22.3. The molecule has 1 heterocycles. The zero-order chi connectivity index (χ0) is 41.3. The minimum atomic E-state index is -1.23. The second-order valence-electron chi connectivity index (χ2n) is 15.6. The van der Waals surface area contributed by atoms with Crippen LogP contribution in [0.3, 0.4) is 0 Å². The summed E-state index contributed by atoms with van der Waals surface area (Å²) in [4.78, 5) is 50.7. The molecular weight excluding hydrogens is 741 g/mol. The van der Waals surface area contributed by atoms with Crippen molar-refractivity contribution in [3.63, 3.8) is 0 Å². The van der Waals surface area contributed by atoms with E-state index in [0.29, 0.717) is 29.3 Å². The SMILES string of the molecule is CCCCCCCCCCCCCCCCCCOC(=O)CSCC(C)(C)C(=O)OCC(O)COC(=O)c1ccc(N2N=C(C)/C(=C/c3ccccc3)C2=O)cc1. The number of nitrogens with zero attached hydrogens (tertiary/aromatic N) is 2. The molecule has 11 heteroatoms. The van der Waals surface area contributed by atoms with Crippen LogP contribution < -0.4 is 5.01 Å². The first-order valence-electron chi connectivity index (χ1n) is 21.0. The summed E-state index contributed by atoms with van der Waals surface area (Å²) in [6, 6.07) is 15.7. The summed E-state index contributed by atoms with van der Waals surface area (Å²) in [5, 5.41) is 16.0. The fourth-order valence-electron chi connectivity index (χ4n) is 6.31. The number of hydrazone groups is 1. The lowest BCUT2D eigenvalue weighted by atomic mass is 9.97. The number of esters is 3. The van der Waals surface area contributed by atoms with Gasteiger partial charge in [-0.2, -0.15) is 10.1 Å². The van der Waals surface area contributed by atoms with E-state index in [1.165, 1.54) is 119 Å². The van der Waals surface area contributed by atoms with Crippen molar-refractivity contribution in [1.82, 2.24) is 0 Å². The van der Waals surface area contributed by atoms with Gasteiger partial charge in [-0.05, 0) is 63.1 Å². The van der Waals surface area contributed by atoms with Gasteiger partial charge in [-0.15, -0.1) is 11.8 Å². The first-order valence-corrected chi connectivity index (χ1v) is 22.2. The molecule has 3 rings (SSSR count). The van der Waals surface area contributed by atoms with Crippen molar-refractivity contribution in [2.24, 2.45) is 10.5 Å². The average molecular weight is 807 g/mol.